The molecule has 0 fully saturated rings. The van der Waals surface area contributed by atoms with Crippen LogP contribution in [0.5, 0.6) is 5.88 Å². The smallest absolute Gasteiger partial charge is 0.397 e. The van der Waals surface area contributed by atoms with Crippen molar-refractivity contribution in [3.05, 3.63) is 11.1 Å². The Kier molecular flexibility index (Phi) is 2.13. The van der Waals surface area contributed by atoms with Gasteiger partial charge < -0.3 is 4.74 Å². The average Bonchev–Trinajstić information content (AvgIpc) is 2.61. The zero-order valence-corrected chi connectivity index (χ0v) is 9.06. The summed E-state index contributed by atoms with van der Waals surface area (Å²) in [5.41, 5.74) is 0.186. The molecule has 0 amide bonds. The predicted molar refractivity (Wildman–Crippen MR) is 52.0 cm³/mol. The van der Waals surface area contributed by atoms with Crippen LogP contribution in [-0.2, 0) is 10.4 Å². The molecule has 0 unspecified atom stereocenters. The molecule has 2 heterocycles. The number of ether oxygens (including phenoxy) is 1. The largest absolute Gasteiger partial charge is 0.473 e. The van der Waals surface area contributed by atoms with E-state index in [-0.39, 0.29) is 5.54 Å². The topological polar surface area (TPSA) is 56.4 Å². The Morgan fingerprint density at radius 1 is 1.67 bits per heavy atom. The molecule has 1 aromatic heterocycles. The molecule has 6 heteroatoms. The van der Waals surface area contributed by atoms with Crippen LogP contribution in [0, 0.1) is 4.91 Å². The Bertz CT molecular complexity index is 397. The summed E-state index contributed by atoms with van der Waals surface area (Å²) in [4.78, 5) is 16.3. The maximum Gasteiger partial charge on any atom is 0.397 e. The summed E-state index contributed by atoms with van der Waals surface area (Å²) in [5, 5.41) is 4.15. The Morgan fingerprint density at radius 3 is 3.07 bits per heavy atom. The van der Waals surface area contributed by atoms with Gasteiger partial charge in [-0.05, 0) is 13.8 Å². The summed E-state index contributed by atoms with van der Waals surface area (Å²) in [5.74, 6) is 0.475. The fraction of sp³-hybridized carbons (Fsp3) is 0.667. The first-order valence-corrected chi connectivity index (χ1v) is 4.79. The lowest BCUT2D eigenvalue weighted by atomic mass is 10.0. The van der Waals surface area contributed by atoms with E-state index in [1.165, 1.54) is 13.3 Å². The number of hydrogen-bond donors (Lipinski definition) is 0. The van der Waals surface area contributed by atoms with Gasteiger partial charge in [0.1, 0.15) is 6.20 Å². The van der Waals surface area contributed by atoms with Gasteiger partial charge in [0.15, 0.2) is 7.11 Å². The minimum atomic E-state index is -0.125. The third kappa shape index (κ3) is 1.45. The van der Waals surface area contributed by atoms with Gasteiger partial charge in [-0.1, -0.05) is 0 Å². The van der Waals surface area contributed by atoms with Gasteiger partial charge in [-0.2, -0.15) is 5.10 Å². The van der Waals surface area contributed by atoms with Crippen molar-refractivity contribution in [1.82, 2.24) is 9.78 Å². The summed E-state index contributed by atoms with van der Waals surface area (Å²) < 4.78 is 7.15. The van der Waals surface area contributed by atoms with E-state index >= 15 is 0 Å². The van der Waals surface area contributed by atoms with Gasteiger partial charge in [-0.15, -0.1) is 0 Å². The molecule has 82 valence electrons. The van der Waals surface area contributed by atoms with Crippen molar-refractivity contribution >= 4 is 5.69 Å². The van der Waals surface area contributed by atoms with E-state index in [9.17, 15) is 4.91 Å². The van der Waals surface area contributed by atoms with Gasteiger partial charge in [0.05, 0.1) is 17.1 Å². The van der Waals surface area contributed by atoms with E-state index in [4.69, 9.17) is 4.74 Å². The van der Waals surface area contributed by atoms with Crippen molar-refractivity contribution in [1.29, 1.82) is 0 Å². The Hall–Kier alpha value is -1.59. The third-order valence-electron chi connectivity index (χ3n) is 2.60. The zero-order chi connectivity index (χ0) is 11.1. The maximum absolute atomic E-state index is 11.3. The fourth-order valence-electron chi connectivity index (χ4n) is 1.62. The molecular weight excluding hydrogens is 198 g/mol. The molecule has 0 spiro atoms. The molecule has 1 aliphatic heterocycles. The fourth-order valence-corrected chi connectivity index (χ4v) is 1.62. The van der Waals surface area contributed by atoms with Crippen LogP contribution in [0.25, 0.3) is 0 Å². The monoisotopic (exact) mass is 212 g/mol. The molecule has 0 aromatic carbocycles. The van der Waals surface area contributed by atoms with Crippen molar-refractivity contribution in [3.8, 4) is 5.88 Å². The highest BCUT2D eigenvalue weighted by Crippen LogP contribution is 2.36. The zero-order valence-electron chi connectivity index (χ0n) is 9.06. The highest BCUT2D eigenvalue weighted by Gasteiger charge is 2.37. The van der Waals surface area contributed by atoms with Gasteiger partial charge in [0, 0.05) is 6.42 Å². The molecule has 0 N–H and O–H groups in total. The third-order valence-corrected chi connectivity index (χ3v) is 2.60. The molecule has 1 aliphatic rings. The predicted octanol–water partition coefficient (Wildman–Crippen LogP) is 1.37. The van der Waals surface area contributed by atoms with Crippen molar-refractivity contribution in [2.75, 3.05) is 13.7 Å². The summed E-state index contributed by atoms with van der Waals surface area (Å²) in [6.07, 6.45) is 2.33. The van der Waals surface area contributed by atoms with E-state index in [0.717, 1.165) is 6.42 Å². The van der Waals surface area contributed by atoms with Gasteiger partial charge in [-0.3, -0.25) is 0 Å². The number of nitrogens with zero attached hydrogens (tertiary/aromatic N) is 3. The van der Waals surface area contributed by atoms with E-state index in [0.29, 0.717) is 23.1 Å². The summed E-state index contributed by atoms with van der Waals surface area (Å²) >= 11 is 0. The van der Waals surface area contributed by atoms with Gasteiger partial charge in [-0.25, -0.2) is 9.52 Å². The molecule has 0 saturated carbocycles. The molecule has 0 saturated heterocycles. The van der Waals surface area contributed by atoms with Crippen molar-refractivity contribution < 1.29 is 14.5 Å². The number of fused-ring (bicyclic) bond motifs is 1. The minimum absolute atomic E-state index is 0.125. The van der Waals surface area contributed by atoms with E-state index in [2.05, 4.69) is 23.8 Å². The second-order valence-electron chi connectivity index (χ2n) is 4.10. The van der Waals surface area contributed by atoms with Crippen LogP contribution >= 0.6 is 0 Å². The minimum Gasteiger partial charge on any atom is -0.473 e. The molecule has 2 rings (SSSR count). The van der Waals surface area contributed by atoms with Crippen molar-refractivity contribution in [2.45, 2.75) is 25.8 Å². The number of rotatable bonds is 2. The molecular formula is C9H14N3O3+. The SMILES string of the molecule is CO[N+](=O)c1cnn2c1OCCC2(C)C. The molecule has 0 atom stereocenters. The van der Waals surface area contributed by atoms with Crippen LogP contribution in [0.1, 0.15) is 20.3 Å². The summed E-state index contributed by atoms with van der Waals surface area (Å²) in [6.45, 7) is 4.69. The molecule has 0 radical (unpaired) electrons. The lowest BCUT2D eigenvalue weighted by Gasteiger charge is -2.30. The highest BCUT2D eigenvalue weighted by molar-refractivity contribution is 5.40. The molecule has 0 bridgehead atoms. The Morgan fingerprint density at radius 2 is 2.40 bits per heavy atom. The van der Waals surface area contributed by atoms with Crippen molar-refractivity contribution in [2.24, 2.45) is 0 Å². The first-order chi connectivity index (χ1) is 7.06. The van der Waals surface area contributed by atoms with Gasteiger partial charge in [0.2, 0.25) is 0 Å². The van der Waals surface area contributed by atoms with Crippen molar-refractivity contribution in [3.63, 3.8) is 0 Å². The quantitative estimate of drug-likeness (QED) is 0.695. The van der Waals surface area contributed by atoms with E-state index in [1.54, 1.807) is 4.68 Å². The highest BCUT2D eigenvalue weighted by atomic mass is 16.8. The summed E-state index contributed by atoms with van der Waals surface area (Å²) in [7, 11) is 1.31. The standard InChI is InChI=1S/C9H14N3O3/c1-9(2)4-5-15-8-7(12(13)14-3)6-10-11(8)9/h6H,4-5H2,1-3H3/q+1. The van der Waals surface area contributed by atoms with Crippen LogP contribution in [0.4, 0.5) is 5.69 Å². The Labute approximate surface area is 87.3 Å². The average molecular weight is 212 g/mol. The second-order valence-corrected chi connectivity index (χ2v) is 4.10. The first kappa shape index (κ1) is 9.95. The summed E-state index contributed by atoms with van der Waals surface area (Å²) in [6, 6.07) is 0. The van der Waals surface area contributed by atoms with Crippen LogP contribution in [0.3, 0.4) is 0 Å². The second kappa shape index (κ2) is 3.22. The van der Waals surface area contributed by atoms with Crippen LogP contribution in [0.2, 0.25) is 0 Å². The number of hydrogen-bond acceptors (Lipinski definition) is 4. The van der Waals surface area contributed by atoms with Gasteiger partial charge in [0.25, 0.3) is 10.8 Å². The molecule has 6 nitrogen and oxygen atoms in total. The van der Waals surface area contributed by atoms with E-state index < -0.39 is 0 Å². The molecule has 1 aromatic rings. The first-order valence-electron chi connectivity index (χ1n) is 4.79. The lowest BCUT2D eigenvalue weighted by Crippen LogP contribution is -2.34. The molecule has 0 aliphatic carbocycles. The van der Waals surface area contributed by atoms with Gasteiger partial charge >= 0.3 is 5.69 Å². The normalized spacial score (nSPS) is 17.8. The van der Waals surface area contributed by atoms with Crippen LogP contribution in [0.15, 0.2) is 6.20 Å². The number of aromatic nitrogens is 2. The lowest BCUT2D eigenvalue weighted by molar-refractivity contribution is -0.737. The Balaban J connectivity index is 2.47. The maximum atomic E-state index is 11.3. The van der Waals surface area contributed by atoms with Crippen LogP contribution < -0.4 is 4.74 Å². The van der Waals surface area contributed by atoms with Crippen LogP contribution in [-0.4, -0.2) is 28.4 Å². The van der Waals surface area contributed by atoms with E-state index in [1.807, 2.05) is 0 Å². The molecule has 15 heavy (non-hydrogen) atoms.